The third-order valence-electron chi connectivity index (χ3n) is 5.94. The van der Waals surface area contributed by atoms with Crippen molar-refractivity contribution in [2.75, 3.05) is 0 Å². The maximum atomic E-state index is 13.4. The summed E-state index contributed by atoms with van der Waals surface area (Å²) in [6.45, 7) is 0. The average Bonchev–Trinajstić information content (AvgIpc) is 2.72. The van der Waals surface area contributed by atoms with Crippen LogP contribution in [-0.2, 0) is 0 Å². The molecule has 128 valence electrons. The molecule has 2 aliphatic carbocycles. The first-order valence-electron chi connectivity index (χ1n) is 9.06. The van der Waals surface area contributed by atoms with Crippen LogP contribution in [0, 0.1) is 0 Å². The maximum Gasteiger partial charge on any atom is 0.189 e. The van der Waals surface area contributed by atoms with Crippen LogP contribution in [0.3, 0.4) is 0 Å². The van der Waals surface area contributed by atoms with Gasteiger partial charge in [-0.15, -0.1) is 0 Å². The van der Waals surface area contributed by atoms with Gasteiger partial charge in [0.05, 0.1) is 12.0 Å². The van der Waals surface area contributed by atoms with Crippen molar-refractivity contribution in [2.24, 2.45) is 0 Å². The van der Waals surface area contributed by atoms with E-state index in [9.17, 15) is 9.90 Å². The zero-order valence-electron chi connectivity index (χ0n) is 14.2. The van der Waals surface area contributed by atoms with Crippen LogP contribution in [0.25, 0.3) is 0 Å². The lowest BCUT2D eigenvalue weighted by Crippen LogP contribution is -2.35. The largest absolute Gasteiger partial charge is 0.388 e. The number of ketones is 1. The number of benzene rings is 2. The van der Waals surface area contributed by atoms with Gasteiger partial charge in [-0.05, 0) is 46.7 Å². The molecule has 2 aliphatic rings. The SMILES string of the molecule is O=C(c1ccccn1)[C@H]1c2ccccc2[C@@H]2C[C@H]1c1ccccc1[C@@H]2O. The molecule has 5 rings (SSSR count). The minimum Gasteiger partial charge on any atom is -0.388 e. The first-order valence-corrected chi connectivity index (χ1v) is 9.06. The van der Waals surface area contributed by atoms with Crippen molar-refractivity contribution in [3.63, 3.8) is 0 Å². The fourth-order valence-corrected chi connectivity index (χ4v) is 4.82. The Hall–Kier alpha value is -2.78. The van der Waals surface area contributed by atoms with Crippen molar-refractivity contribution in [3.8, 4) is 0 Å². The van der Waals surface area contributed by atoms with Crippen LogP contribution >= 0.6 is 0 Å². The lowest BCUT2D eigenvalue weighted by molar-refractivity contribution is 0.0868. The van der Waals surface area contributed by atoms with E-state index in [1.807, 2.05) is 48.5 Å². The number of aliphatic hydroxyl groups excluding tert-OH is 1. The van der Waals surface area contributed by atoms with E-state index in [-0.39, 0.29) is 23.5 Å². The predicted molar refractivity (Wildman–Crippen MR) is 99.3 cm³/mol. The molecule has 26 heavy (non-hydrogen) atoms. The standard InChI is InChI=1S/C23H19NO2/c25-22-17-10-4-2-8-15(17)18-13-19(22)14-7-1-3-9-16(14)21(18)23(26)20-11-5-6-12-24-20/h1-12,18-19,21-22,25H,13H2/t18-,19-,21-,22-/m0/s1. The lowest BCUT2D eigenvalue weighted by Gasteiger charge is -2.44. The number of rotatable bonds is 2. The van der Waals surface area contributed by atoms with E-state index in [0.717, 1.165) is 28.7 Å². The second kappa shape index (κ2) is 5.89. The van der Waals surface area contributed by atoms with Gasteiger partial charge >= 0.3 is 0 Å². The van der Waals surface area contributed by atoms with Crippen molar-refractivity contribution in [2.45, 2.75) is 30.3 Å². The minimum absolute atomic E-state index is 0.0406. The topological polar surface area (TPSA) is 50.2 Å². The first-order chi connectivity index (χ1) is 12.8. The number of hydrogen-bond acceptors (Lipinski definition) is 3. The number of pyridine rings is 1. The fraction of sp³-hybridized carbons (Fsp3) is 0.217. The van der Waals surface area contributed by atoms with Crippen LogP contribution in [0.4, 0.5) is 0 Å². The highest BCUT2D eigenvalue weighted by Gasteiger charge is 2.46. The van der Waals surface area contributed by atoms with Gasteiger partial charge in [-0.2, -0.15) is 0 Å². The Labute approximate surface area is 152 Å². The smallest absolute Gasteiger partial charge is 0.189 e. The van der Waals surface area contributed by atoms with Gasteiger partial charge in [0.1, 0.15) is 5.69 Å². The molecular weight excluding hydrogens is 322 g/mol. The second-order valence-electron chi connectivity index (χ2n) is 7.21. The average molecular weight is 341 g/mol. The van der Waals surface area contributed by atoms with Gasteiger partial charge in [0, 0.05) is 12.1 Å². The number of nitrogens with zero attached hydrogens (tertiary/aromatic N) is 1. The van der Waals surface area contributed by atoms with E-state index in [2.05, 4.69) is 17.1 Å². The highest BCUT2D eigenvalue weighted by molar-refractivity contribution is 6.00. The van der Waals surface area contributed by atoms with E-state index >= 15 is 0 Å². The maximum absolute atomic E-state index is 13.4. The number of carbonyl (C=O) groups excluding carboxylic acids is 1. The quantitative estimate of drug-likeness (QED) is 0.704. The van der Waals surface area contributed by atoms with Crippen LogP contribution in [0.1, 0.15) is 63.0 Å². The van der Waals surface area contributed by atoms with Crippen molar-refractivity contribution < 1.29 is 9.90 Å². The molecule has 0 unspecified atom stereocenters. The number of aromatic nitrogens is 1. The third kappa shape index (κ3) is 2.17. The summed E-state index contributed by atoms with van der Waals surface area (Å²) in [6, 6.07) is 21.6. The lowest BCUT2D eigenvalue weighted by atomic mass is 9.60. The Kier molecular flexibility index (Phi) is 3.50. The van der Waals surface area contributed by atoms with Crippen molar-refractivity contribution in [1.29, 1.82) is 0 Å². The van der Waals surface area contributed by atoms with Crippen LogP contribution in [0.5, 0.6) is 0 Å². The van der Waals surface area contributed by atoms with E-state index < -0.39 is 6.10 Å². The van der Waals surface area contributed by atoms with Gasteiger partial charge in [-0.1, -0.05) is 54.6 Å². The minimum atomic E-state index is -0.519. The third-order valence-corrected chi connectivity index (χ3v) is 5.94. The molecule has 2 bridgehead atoms. The van der Waals surface area contributed by atoms with Crippen LogP contribution in [0.15, 0.2) is 72.9 Å². The van der Waals surface area contributed by atoms with Gasteiger partial charge in [-0.25, -0.2) is 0 Å². The van der Waals surface area contributed by atoms with Gasteiger partial charge < -0.3 is 5.11 Å². The number of carbonyl (C=O) groups is 1. The number of aliphatic hydroxyl groups is 1. The molecular formula is C23H19NO2. The molecule has 3 aromatic rings. The number of hydrogen-bond donors (Lipinski definition) is 1. The molecule has 0 radical (unpaired) electrons. The molecule has 4 atom stereocenters. The molecule has 0 aliphatic heterocycles. The number of fused-ring (bicyclic) bond motifs is 6. The van der Waals surface area contributed by atoms with E-state index in [4.69, 9.17) is 0 Å². The molecule has 0 amide bonds. The Bertz CT molecular complexity index is 982. The highest BCUT2D eigenvalue weighted by Crippen LogP contribution is 2.57. The van der Waals surface area contributed by atoms with E-state index in [1.165, 1.54) is 0 Å². The Balaban J connectivity index is 1.72. The predicted octanol–water partition coefficient (Wildman–Crippen LogP) is 4.37. The summed E-state index contributed by atoms with van der Waals surface area (Å²) in [6.07, 6.45) is 1.94. The molecule has 0 saturated carbocycles. The van der Waals surface area contributed by atoms with Gasteiger partial charge in [0.25, 0.3) is 0 Å². The van der Waals surface area contributed by atoms with E-state index in [0.29, 0.717) is 5.69 Å². The summed E-state index contributed by atoms with van der Waals surface area (Å²) in [4.78, 5) is 17.7. The number of Topliss-reactive ketones (excluding diaryl/α,β-unsaturated/α-hetero) is 1. The van der Waals surface area contributed by atoms with Crippen LogP contribution in [0.2, 0.25) is 0 Å². The molecule has 3 nitrogen and oxygen atoms in total. The summed E-state index contributed by atoms with van der Waals surface area (Å²) >= 11 is 0. The summed E-state index contributed by atoms with van der Waals surface area (Å²) in [5.74, 6) is -0.0819. The molecule has 1 N–H and O–H groups in total. The molecule has 0 fully saturated rings. The summed E-state index contributed by atoms with van der Waals surface area (Å²) < 4.78 is 0. The fourth-order valence-electron chi connectivity index (χ4n) is 4.82. The normalized spacial score (nSPS) is 25.9. The summed E-state index contributed by atoms with van der Waals surface area (Å²) in [5, 5.41) is 11.0. The van der Waals surface area contributed by atoms with Crippen LogP contribution < -0.4 is 0 Å². The molecule has 0 spiro atoms. The Morgan fingerprint density at radius 3 is 2.12 bits per heavy atom. The van der Waals surface area contributed by atoms with Crippen LogP contribution in [-0.4, -0.2) is 15.9 Å². The molecule has 3 heteroatoms. The zero-order chi connectivity index (χ0) is 17.7. The zero-order valence-corrected chi connectivity index (χ0v) is 14.2. The summed E-state index contributed by atoms with van der Waals surface area (Å²) in [5.41, 5.74) is 4.70. The van der Waals surface area contributed by atoms with Crippen molar-refractivity contribution >= 4 is 5.78 Å². The summed E-state index contributed by atoms with van der Waals surface area (Å²) in [7, 11) is 0. The first kappa shape index (κ1) is 15.5. The Morgan fingerprint density at radius 1 is 0.808 bits per heavy atom. The highest BCUT2D eigenvalue weighted by atomic mass is 16.3. The monoisotopic (exact) mass is 341 g/mol. The van der Waals surface area contributed by atoms with E-state index in [1.54, 1.807) is 12.3 Å². The van der Waals surface area contributed by atoms with Crippen molar-refractivity contribution in [3.05, 3.63) is 101 Å². The second-order valence-corrected chi connectivity index (χ2v) is 7.21. The Morgan fingerprint density at radius 2 is 1.42 bits per heavy atom. The van der Waals surface area contributed by atoms with Gasteiger partial charge in [0.2, 0.25) is 0 Å². The molecule has 2 aromatic carbocycles. The van der Waals surface area contributed by atoms with Crippen molar-refractivity contribution in [1.82, 2.24) is 4.98 Å². The molecule has 0 saturated heterocycles. The van der Waals surface area contributed by atoms with Gasteiger partial charge in [-0.3, -0.25) is 9.78 Å². The van der Waals surface area contributed by atoms with Gasteiger partial charge in [0.15, 0.2) is 5.78 Å². The molecule has 1 heterocycles. The molecule has 1 aromatic heterocycles.